The molecule has 5 rings (SSSR count). The van der Waals surface area contributed by atoms with E-state index in [4.69, 9.17) is 27.9 Å². The van der Waals surface area contributed by atoms with Crippen LogP contribution in [0.25, 0.3) is 22.2 Å². The fourth-order valence-electron chi connectivity index (χ4n) is 5.25. The lowest BCUT2D eigenvalue weighted by atomic mass is 9.95. The largest absolute Gasteiger partial charge is 0.486 e. The summed E-state index contributed by atoms with van der Waals surface area (Å²) in [6.07, 6.45) is 6.41. The van der Waals surface area contributed by atoms with Crippen molar-refractivity contribution in [2.24, 2.45) is 5.92 Å². The molecule has 0 saturated carbocycles. The van der Waals surface area contributed by atoms with E-state index < -0.39 is 0 Å². The van der Waals surface area contributed by atoms with Crippen molar-refractivity contribution < 1.29 is 9.53 Å². The summed E-state index contributed by atoms with van der Waals surface area (Å²) in [5.74, 6) is 1.81. The van der Waals surface area contributed by atoms with Gasteiger partial charge in [0.15, 0.2) is 0 Å². The number of amides is 1. The Hall–Kier alpha value is -3.40. The van der Waals surface area contributed by atoms with E-state index in [0.29, 0.717) is 41.0 Å². The maximum absolute atomic E-state index is 13.0. The number of aromatic nitrogens is 4. The summed E-state index contributed by atoms with van der Waals surface area (Å²) in [6, 6.07) is 9.67. The Morgan fingerprint density at radius 1 is 1.17 bits per heavy atom. The molecule has 4 heterocycles. The van der Waals surface area contributed by atoms with Gasteiger partial charge in [0.1, 0.15) is 23.4 Å². The fraction of sp³-hybridized carbons (Fsp3) is 0.400. The van der Waals surface area contributed by atoms with E-state index in [1.54, 1.807) is 18.6 Å². The van der Waals surface area contributed by atoms with Crippen molar-refractivity contribution in [2.75, 3.05) is 45.1 Å². The van der Waals surface area contributed by atoms with Crippen LogP contribution in [0.5, 0.6) is 5.75 Å². The molecule has 1 aliphatic rings. The molecule has 0 unspecified atom stereocenters. The summed E-state index contributed by atoms with van der Waals surface area (Å²) in [4.78, 5) is 25.8. The van der Waals surface area contributed by atoms with Crippen LogP contribution in [0.3, 0.4) is 0 Å². The van der Waals surface area contributed by atoms with Gasteiger partial charge in [-0.25, -0.2) is 4.98 Å². The molecule has 2 N–H and O–H groups in total. The molecule has 1 fully saturated rings. The van der Waals surface area contributed by atoms with Gasteiger partial charge in [-0.1, -0.05) is 23.2 Å². The maximum atomic E-state index is 13.0. The number of likely N-dealkylation sites (N-methyl/N-ethyl adjacent to an activating group) is 1. The van der Waals surface area contributed by atoms with Crippen LogP contribution in [0, 0.1) is 5.92 Å². The number of nitrogens with one attached hydrogen (secondary N) is 2. The number of ether oxygens (including phenoxy) is 1. The number of rotatable bonds is 10. The number of H-pyrrole nitrogens is 1. The number of halogens is 2. The number of carbonyl (C=O) groups excluding carboxylic acids is 1. The summed E-state index contributed by atoms with van der Waals surface area (Å²) >= 11 is 12.6. The molecule has 0 spiro atoms. The standard InChI is InChI=1S/C30H35Cl2N7O2/c1-4-39(30(40)20-9-12-38(3)13-10-20)14-11-34-27-8-5-21(16-35-27)29-23-15-22(6-7-26(23)36-37-29)41-19(2)28-24(31)17-33-18-25(28)32/h5-8,15-20H,4,9-14H2,1-3H3,(H,34,35)(H,36,37)/t19-/m1/s1. The molecule has 41 heavy (non-hydrogen) atoms. The van der Waals surface area contributed by atoms with Crippen LogP contribution in [-0.4, -0.2) is 75.6 Å². The van der Waals surface area contributed by atoms with Gasteiger partial charge in [-0.15, -0.1) is 0 Å². The zero-order chi connectivity index (χ0) is 28.9. The first-order chi connectivity index (χ1) is 19.8. The van der Waals surface area contributed by atoms with Gasteiger partial charge < -0.3 is 19.9 Å². The highest BCUT2D eigenvalue weighted by molar-refractivity contribution is 6.35. The Bertz CT molecular complexity index is 1470. The molecule has 9 nitrogen and oxygen atoms in total. The molecule has 0 aliphatic carbocycles. The predicted octanol–water partition coefficient (Wildman–Crippen LogP) is 6.07. The van der Waals surface area contributed by atoms with Gasteiger partial charge in [0.2, 0.25) is 5.91 Å². The lowest BCUT2D eigenvalue weighted by Gasteiger charge is -2.32. The number of hydrogen-bond acceptors (Lipinski definition) is 7. The van der Waals surface area contributed by atoms with Crippen LogP contribution < -0.4 is 10.1 Å². The van der Waals surface area contributed by atoms with Crippen molar-refractivity contribution in [3.8, 4) is 17.0 Å². The van der Waals surface area contributed by atoms with Crippen molar-refractivity contribution >= 4 is 45.8 Å². The third-order valence-corrected chi connectivity index (χ3v) is 8.23. The van der Waals surface area contributed by atoms with Gasteiger partial charge in [0, 0.05) is 60.7 Å². The van der Waals surface area contributed by atoms with Crippen molar-refractivity contribution in [1.29, 1.82) is 0 Å². The van der Waals surface area contributed by atoms with Gasteiger partial charge in [-0.2, -0.15) is 5.10 Å². The van der Waals surface area contributed by atoms with E-state index >= 15 is 0 Å². The summed E-state index contributed by atoms with van der Waals surface area (Å²) < 4.78 is 6.19. The van der Waals surface area contributed by atoms with Crippen LogP contribution in [0.2, 0.25) is 10.0 Å². The molecule has 0 radical (unpaired) electrons. The van der Waals surface area contributed by atoms with Crippen LogP contribution in [-0.2, 0) is 4.79 Å². The van der Waals surface area contributed by atoms with E-state index in [-0.39, 0.29) is 17.9 Å². The molecule has 4 aromatic rings. The molecular formula is C30H35Cl2N7O2. The molecule has 11 heteroatoms. The Kier molecular flexibility index (Phi) is 9.27. The van der Waals surface area contributed by atoms with E-state index in [1.165, 1.54) is 0 Å². The smallest absolute Gasteiger partial charge is 0.225 e. The lowest BCUT2D eigenvalue weighted by molar-refractivity contribution is -0.136. The van der Waals surface area contributed by atoms with E-state index in [0.717, 1.165) is 53.9 Å². The summed E-state index contributed by atoms with van der Waals surface area (Å²) in [6.45, 7) is 7.88. The van der Waals surface area contributed by atoms with Crippen LogP contribution in [0.4, 0.5) is 5.82 Å². The molecule has 1 saturated heterocycles. The second kappa shape index (κ2) is 13.1. The van der Waals surface area contributed by atoms with Gasteiger partial charge in [0.05, 0.1) is 15.6 Å². The number of carbonyl (C=O) groups is 1. The van der Waals surface area contributed by atoms with Crippen LogP contribution >= 0.6 is 23.2 Å². The van der Waals surface area contributed by atoms with Crippen molar-refractivity contribution in [2.45, 2.75) is 32.8 Å². The Labute approximate surface area is 250 Å². The first kappa shape index (κ1) is 29.1. The van der Waals surface area contributed by atoms with E-state index in [9.17, 15) is 4.79 Å². The Balaban J connectivity index is 1.22. The van der Waals surface area contributed by atoms with Gasteiger partial charge >= 0.3 is 0 Å². The monoisotopic (exact) mass is 595 g/mol. The zero-order valence-corrected chi connectivity index (χ0v) is 25.0. The normalized spacial score (nSPS) is 15.1. The number of hydrogen-bond donors (Lipinski definition) is 2. The fourth-order valence-corrected chi connectivity index (χ4v) is 5.93. The number of anilines is 1. The molecule has 1 amide bonds. The van der Waals surface area contributed by atoms with Crippen molar-refractivity contribution in [3.63, 3.8) is 0 Å². The highest BCUT2D eigenvalue weighted by Gasteiger charge is 2.26. The Morgan fingerprint density at radius 3 is 2.61 bits per heavy atom. The molecule has 216 valence electrons. The lowest BCUT2D eigenvalue weighted by Crippen LogP contribution is -2.43. The molecule has 0 bridgehead atoms. The SMILES string of the molecule is CCN(CCNc1ccc(-c2n[nH]c3ccc(O[C@H](C)c4c(Cl)cncc4Cl)cc23)cn1)C(=O)C1CCN(C)CC1. The topological polar surface area (TPSA) is 99.3 Å². The average Bonchev–Trinajstić information content (AvgIpc) is 3.39. The first-order valence-corrected chi connectivity index (χ1v) is 14.7. The van der Waals surface area contributed by atoms with E-state index in [1.807, 2.05) is 49.1 Å². The predicted molar refractivity (Wildman–Crippen MR) is 164 cm³/mol. The average molecular weight is 597 g/mol. The number of benzene rings is 1. The quantitative estimate of drug-likeness (QED) is 0.229. The van der Waals surface area contributed by atoms with Crippen molar-refractivity contribution in [1.82, 2.24) is 30.0 Å². The summed E-state index contributed by atoms with van der Waals surface area (Å²) in [5.41, 5.74) is 3.23. The molecule has 1 atom stereocenters. The number of fused-ring (bicyclic) bond motifs is 1. The van der Waals surface area contributed by atoms with Crippen LogP contribution in [0.1, 0.15) is 38.4 Å². The minimum Gasteiger partial charge on any atom is -0.486 e. The van der Waals surface area contributed by atoms with E-state index in [2.05, 4.69) is 37.4 Å². The third-order valence-electron chi connectivity index (χ3n) is 7.63. The number of piperidine rings is 1. The molecule has 1 aromatic carbocycles. The number of pyridine rings is 2. The minimum atomic E-state index is -0.374. The van der Waals surface area contributed by atoms with Crippen LogP contribution in [0.15, 0.2) is 48.9 Å². The second-order valence-electron chi connectivity index (χ2n) is 10.4. The minimum absolute atomic E-state index is 0.132. The van der Waals surface area contributed by atoms with Gasteiger partial charge in [-0.05, 0) is 77.2 Å². The summed E-state index contributed by atoms with van der Waals surface area (Å²) in [5, 5.41) is 12.8. The number of likely N-dealkylation sites (tertiary alicyclic amines) is 1. The third kappa shape index (κ3) is 6.74. The maximum Gasteiger partial charge on any atom is 0.225 e. The first-order valence-electron chi connectivity index (χ1n) is 13.9. The Morgan fingerprint density at radius 2 is 1.93 bits per heavy atom. The number of nitrogens with zero attached hydrogens (tertiary/aromatic N) is 5. The van der Waals surface area contributed by atoms with Crippen molar-refractivity contribution in [3.05, 3.63) is 64.5 Å². The molecule has 3 aromatic heterocycles. The highest BCUT2D eigenvalue weighted by Crippen LogP contribution is 2.34. The van der Waals surface area contributed by atoms with Gasteiger partial charge in [0.25, 0.3) is 0 Å². The zero-order valence-electron chi connectivity index (χ0n) is 23.5. The number of aromatic amines is 1. The second-order valence-corrected chi connectivity index (χ2v) is 11.2. The summed E-state index contributed by atoms with van der Waals surface area (Å²) in [7, 11) is 2.11. The molecule has 1 aliphatic heterocycles. The highest BCUT2D eigenvalue weighted by atomic mass is 35.5. The van der Waals surface area contributed by atoms with Gasteiger partial charge in [-0.3, -0.25) is 14.9 Å². The molecular weight excluding hydrogens is 561 g/mol.